The summed E-state index contributed by atoms with van der Waals surface area (Å²) in [7, 11) is 1.24. The summed E-state index contributed by atoms with van der Waals surface area (Å²) in [5.74, 6) is -1.71. The molecule has 0 aromatic heterocycles. The molecule has 0 aliphatic heterocycles. The second-order valence-electron chi connectivity index (χ2n) is 8.61. The quantitative estimate of drug-likeness (QED) is 0.372. The molecule has 2 rings (SSSR count). The number of benzene rings is 2. The fraction of sp³-hybridized carbons (Fsp3) is 0.407. The summed E-state index contributed by atoms with van der Waals surface area (Å²) in [5.41, 5.74) is 1.61. The van der Waals surface area contributed by atoms with Crippen molar-refractivity contribution in [2.45, 2.75) is 57.4 Å². The van der Waals surface area contributed by atoms with Crippen LogP contribution >= 0.6 is 11.8 Å². The summed E-state index contributed by atoms with van der Waals surface area (Å²) in [5, 5.41) is 14.1. The molecule has 0 saturated carbocycles. The molecule has 4 atom stereocenters. The third-order valence-electron chi connectivity index (χ3n) is 5.84. The maximum Gasteiger partial charge on any atom is 0.328 e. The number of aromatic hydroxyl groups is 1. The van der Waals surface area contributed by atoms with Gasteiger partial charge in [0, 0.05) is 13.3 Å². The summed E-state index contributed by atoms with van der Waals surface area (Å²) in [6.45, 7) is 5.14. The molecular weight excluding hydrogens is 480 g/mol. The summed E-state index contributed by atoms with van der Waals surface area (Å²) >= 11 is 0.924. The molecule has 2 amide bonds. The van der Waals surface area contributed by atoms with Gasteiger partial charge < -0.3 is 20.5 Å². The van der Waals surface area contributed by atoms with Crippen molar-refractivity contribution in [1.82, 2.24) is 10.6 Å². The first-order valence-electron chi connectivity index (χ1n) is 11.8. The zero-order chi connectivity index (χ0) is 26.7. The third kappa shape index (κ3) is 9.03. The highest BCUT2D eigenvalue weighted by atomic mass is 32.2. The molecule has 1 unspecified atom stereocenters. The Morgan fingerprint density at radius 2 is 1.53 bits per heavy atom. The Bertz CT molecular complexity index is 1030. The maximum atomic E-state index is 13.3. The van der Waals surface area contributed by atoms with E-state index in [1.807, 2.05) is 44.2 Å². The molecule has 0 aliphatic rings. The third-order valence-corrected chi connectivity index (χ3v) is 6.83. The average Bonchev–Trinajstić information content (AvgIpc) is 2.86. The molecule has 2 aromatic carbocycles. The second kappa shape index (κ2) is 14.3. The fourth-order valence-corrected chi connectivity index (χ4v) is 4.48. The topological polar surface area (TPSA) is 122 Å². The predicted molar refractivity (Wildman–Crippen MR) is 139 cm³/mol. The molecule has 3 N–H and O–H groups in total. The van der Waals surface area contributed by atoms with Gasteiger partial charge in [0.1, 0.15) is 17.8 Å². The number of phenolic OH excluding ortho intramolecular Hbond substituents is 1. The van der Waals surface area contributed by atoms with Crippen LogP contribution in [0.3, 0.4) is 0 Å². The number of methoxy groups -OCH3 is 1. The molecule has 194 valence electrons. The molecule has 0 radical (unpaired) electrons. The van der Waals surface area contributed by atoms with Crippen molar-refractivity contribution in [3.05, 3.63) is 65.7 Å². The smallest absolute Gasteiger partial charge is 0.328 e. The van der Waals surface area contributed by atoms with Crippen LogP contribution in [-0.2, 0) is 36.8 Å². The van der Waals surface area contributed by atoms with E-state index < -0.39 is 35.1 Å². The lowest BCUT2D eigenvalue weighted by Gasteiger charge is -2.27. The number of hydrogen-bond acceptors (Lipinski definition) is 7. The Kier molecular flexibility index (Phi) is 11.5. The first kappa shape index (κ1) is 28.9. The normalized spacial score (nSPS) is 14.1. The lowest BCUT2D eigenvalue weighted by atomic mass is 9.97. The van der Waals surface area contributed by atoms with Crippen LogP contribution in [0.5, 0.6) is 5.75 Å². The van der Waals surface area contributed by atoms with Crippen LogP contribution in [0.4, 0.5) is 0 Å². The second-order valence-corrected chi connectivity index (χ2v) is 9.99. The minimum atomic E-state index is -0.984. The van der Waals surface area contributed by atoms with Crippen molar-refractivity contribution in [3.8, 4) is 5.75 Å². The van der Waals surface area contributed by atoms with Gasteiger partial charge in [0.05, 0.1) is 12.4 Å². The molecule has 0 spiro atoms. The van der Waals surface area contributed by atoms with Crippen LogP contribution in [0, 0.1) is 5.92 Å². The van der Waals surface area contributed by atoms with Gasteiger partial charge in [0.2, 0.25) is 11.8 Å². The highest BCUT2D eigenvalue weighted by Crippen LogP contribution is 2.19. The average molecular weight is 515 g/mol. The van der Waals surface area contributed by atoms with E-state index >= 15 is 0 Å². The predicted octanol–water partition coefficient (Wildman–Crippen LogP) is 3.01. The molecule has 2 aromatic rings. The van der Waals surface area contributed by atoms with Crippen LogP contribution in [0.1, 0.15) is 38.3 Å². The van der Waals surface area contributed by atoms with E-state index in [1.165, 1.54) is 26.2 Å². The van der Waals surface area contributed by atoms with E-state index in [0.717, 1.165) is 17.3 Å². The van der Waals surface area contributed by atoms with E-state index in [1.54, 1.807) is 12.1 Å². The Hall–Kier alpha value is -3.33. The molecule has 8 nitrogen and oxygen atoms in total. The zero-order valence-corrected chi connectivity index (χ0v) is 21.8. The monoisotopic (exact) mass is 514 g/mol. The van der Waals surface area contributed by atoms with Crippen LogP contribution in [-0.4, -0.2) is 52.4 Å². The number of phenols is 1. The molecule has 0 bridgehead atoms. The van der Waals surface area contributed by atoms with Gasteiger partial charge in [-0.1, -0.05) is 74.5 Å². The number of thioether (sulfide) groups is 1. The Morgan fingerprint density at radius 1 is 0.917 bits per heavy atom. The van der Waals surface area contributed by atoms with Crippen molar-refractivity contribution in [2.75, 3.05) is 7.11 Å². The number of rotatable bonds is 12. The van der Waals surface area contributed by atoms with Crippen LogP contribution in [0.25, 0.3) is 0 Å². The first-order chi connectivity index (χ1) is 17.1. The van der Waals surface area contributed by atoms with E-state index in [4.69, 9.17) is 4.74 Å². The van der Waals surface area contributed by atoms with Gasteiger partial charge in [-0.3, -0.25) is 14.4 Å². The number of esters is 1. The number of ether oxygens (including phenoxy) is 1. The van der Waals surface area contributed by atoms with Crippen molar-refractivity contribution in [2.24, 2.45) is 5.92 Å². The zero-order valence-electron chi connectivity index (χ0n) is 21.0. The number of carbonyl (C=O) groups is 4. The lowest BCUT2D eigenvalue weighted by Crippen LogP contribution is -2.56. The lowest BCUT2D eigenvalue weighted by molar-refractivity contribution is -0.145. The summed E-state index contributed by atoms with van der Waals surface area (Å²) in [6.07, 6.45) is 1.08. The van der Waals surface area contributed by atoms with Crippen molar-refractivity contribution < 1.29 is 29.0 Å². The van der Waals surface area contributed by atoms with Crippen LogP contribution < -0.4 is 10.6 Å². The standard InChI is InChI=1S/C27H34N2O6S/c1-5-17(2)24(29-25(32)23(36-18(3)30)16-19-9-7-6-8-10-19)26(33)28-22(27(34)35-4)15-20-11-13-21(31)14-12-20/h6-14,17,22-24,31H,5,15-16H2,1-4H3,(H,28,33)(H,29,32)/t17-,22-,23?,24-/m0/s1. The van der Waals surface area contributed by atoms with Gasteiger partial charge in [-0.2, -0.15) is 0 Å². The largest absolute Gasteiger partial charge is 0.508 e. The molecular formula is C27H34N2O6S. The Balaban J connectivity index is 2.20. The summed E-state index contributed by atoms with van der Waals surface area (Å²) in [6, 6.07) is 13.7. The van der Waals surface area contributed by atoms with Gasteiger partial charge in [0.15, 0.2) is 5.12 Å². The minimum Gasteiger partial charge on any atom is -0.508 e. The molecule has 9 heteroatoms. The molecule has 0 heterocycles. The van der Waals surface area contributed by atoms with Crippen molar-refractivity contribution >= 4 is 34.7 Å². The number of carbonyl (C=O) groups excluding carboxylic acids is 4. The van der Waals surface area contributed by atoms with Crippen molar-refractivity contribution in [1.29, 1.82) is 0 Å². The number of amides is 2. The SMILES string of the molecule is CC[C@H](C)[C@H](NC(=O)C(Cc1ccccc1)SC(C)=O)C(=O)N[C@@H](Cc1ccc(O)cc1)C(=O)OC. The maximum absolute atomic E-state index is 13.3. The summed E-state index contributed by atoms with van der Waals surface area (Å²) in [4.78, 5) is 50.8. The Morgan fingerprint density at radius 3 is 2.08 bits per heavy atom. The van der Waals surface area contributed by atoms with Gasteiger partial charge in [-0.05, 0) is 35.6 Å². The van der Waals surface area contributed by atoms with E-state index in [2.05, 4.69) is 10.6 Å². The highest BCUT2D eigenvalue weighted by molar-refractivity contribution is 8.14. The van der Waals surface area contributed by atoms with E-state index in [9.17, 15) is 24.3 Å². The first-order valence-corrected chi connectivity index (χ1v) is 12.7. The number of nitrogens with one attached hydrogen (secondary N) is 2. The van der Waals surface area contributed by atoms with Gasteiger partial charge in [-0.25, -0.2) is 4.79 Å². The van der Waals surface area contributed by atoms with Crippen LogP contribution in [0.15, 0.2) is 54.6 Å². The van der Waals surface area contributed by atoms with Crippen molar-refractivity contribution in [3.63, 3.8) is 0 Å². The molecule has 0 aliphatic carbocycles. The fourth-order valence-electron chi connectivity index (χ4n) is 3.63. The van der Waals surface area contributed by atoms with Gasteiger partial charge in [0.25, 0.3) is 0 Å². The summed E-state index contributed by atoms with van der Waals surface area (Å²) < 4.78 is 4.87. The Labute approximate surface area is 216 Å². The van der Waals surface area contributed by atoms with E-state index in [-0.39, 0.29) is 23.2 Å². The number of hydrogen-bond donors (Lipinski definition) is 3. The van der Waals surface area contributed by atoms with E-state index in [0.29, 0.717) is 18.4 Å². The molecule has 0 fully saturated rings. The minimum absolute atomic E-state index is 0.0884. The van der Waals surface area contributed by atoms with Crippen LogP contribution in [0.2, 0.25) is 0 Å². The molecule has 36 heavy (non-hydrogen) atoms. The van der Waals surface area contributed by atoms with Gasteiger partial charge >= 0.3 is 5.97 Å². The molecule has 0 saturated heterocycles. The van der Waals surface area contributed by atoms with Gasteiger partial charge in [-0.15, -0.1) is 0 Å². The highest BCUT2D eigenvalue weighted by Gasteiger charge is 2.33.